The quantitative estimate of drug-likeness (QED) is 0.763. The number of hydrogen-bond donors (Lipinski definition) is 2. The van der Waals surface area contributed by atoms with Crippen LogP contribution in [0.4, 0.5) is 0 Å². The zero-order valence-corrected chi connectivity index (χ0v) is 11.2. The fourth-order valence-electron chi connectivity index (χ4n) is 2.35. The normalized spacial score (nSPS) is 12.4. The molecule has 1 atom stereocenters. The number of nitrogens with one attached hydrogen (secondary N) is 2. The van der Waals surface area contributed by atoms with E-state index in [9.17, 15) is 4.79 Å². The van der Waals surface area contributed by atoms with Crippen molar-refractivity contribution in [3.63, 3.8) is 0 Å². The first-order valence-corrected chi connectivity index (χ1v) is 6.62. The molecule has 2 heterocycles. The lowest BCUT2D eigenvalue weighted by Crippen LogP contribution is -2.27. The molecule has 0 fully saturated rings. The molecule has 102 valence electrons. The molecule has 3 aromatic rings. The number of rotatable bonds is 4. The van der Waals surface area contributed by atoms with Gasteiger partial charge >= 0.3 is 0 Å². The minimum absolute atomic E-state index is 0.0151. The summed E-state index contributed by atoms with van der Waals surface area (Å²) in [7, 11) is 0. The van der Waals surface area contributed by atoms with Gasteiger partial charge in [-0.05, 0) is 30.7 Å². The van der Waals surface area contributed by atoms with Gasteiger partial charge < -0.3 is 14.7 Å². The molecule has 3 rings (SSSR count). The highest BCUT2D eigenvalue weighted by Crippen LogP contribution is 2.18. The Bertz CT molecular complexity index is 713. The van der Waals surface area contributed by atoms with Gasteiger partial charge in [0.1, 0.15) is 5.76 Å². The molecule has 0 radical (unpaired) electrons. The minimum Gasteiger partial charge on any atom is -0.467 e. The second kappa shape index (κ2) is 5.25. The summed E-state index contributed by atoms with van der Waals surface area (Å²) in [6.45, 7) is 1.91. The van der Waals surface area contributed by atoms with Crippen molar-refractivity contribution in [2.24, 2.45) is 0 Å². The number of amides is 1. The number of benzene rings is 1. The molecule has 0 spiro atoms. The SMILES string of the molecule is C[C@@H](NC(=O)Cc1c[nH]c2ccccc12)c1ccco1. The van der Waals surface area contributed by atoms with Gasteiger partial charge in [0.15, 0.2) is 0 Å². The third-order valence-corrected chi connectivity index (χ3v) is 3.37. The first-order chi connectivity index (χ1) is 9.74. The molecule has 1 aromatic carbocycles. The molecule has 2 aromatic heterocycles. The van der Waals surface area contributed by atoms with E-state index in [-0.39, 0.29) is 11.9 Å². The third kappa shape index (κ3) is 2.45. The predicted molar refractivity (Wildman–Crippen MR) is 77.3 cm³/mol. The Labute approximate surface area is 116 Å². The number of carbonyl (C=O) groups is 1. The molecular weight excluding hydrogens is 252 g/mol. The summed E-state index contributed by atoms with van der Waals surface area (Å²) in [5.74, 6) is 0.746. The van der Waals surface area contributed by atoms with E-state index in [2.05, 4.69) is 10.3 Å². The summed E-state index contributed by atoms with van der Waals surface area (Å²) in [6, 6.07) is 11.5. The predicted octanol–water partition coefficient (Wildman–Crippen LogP) is 3.18. The van der Waals surface area contributed by atoms with Gasteiger partial charge in [-0.1, -0.05) is 18.2 Å². The van der Waals surface area contributed by atoms with Crippen LogP contribution in [0.15, 0.2) is 53.3 Å². The Morgan fingerprint density at radius 1 is 1.30 bits per heavy atom. The van der Waals surface area contributed by atoms with Crippen molar-refractivity contribution < 1.29 is 9.21 Å². The Morgan fingerprint density at radius 2 is 2.15 bits per heavy atom. The Balaban J connectivity index is 1.70. The molecule has 2 N–H and O–H groups in total. The van der Waals surface area contributed by atoms with Crippen LogP contribution in [-0.2, 0) is 11.2 Å². The number of aromatic nitrogens is 1. The lowest BCUT2D eigenvalue weighted by Gasteiger charge is -2.11. The highest BCUT2D eigenvalue weighted by molar-refractivity contribution is 5.88. The summed E-state index contributed by atoms with van der Waals surface area (Å²) in [5.41, 5.74) is 2.05. The largest absolute Gasteiger partial charge is 0.467 e. The van der Waals surface area contributed by atoms with Crippen molar-refractivity contribution in [2.75, 3.05) is 0 Å². The first-order valence-electron chi connectivity index (χ1n) is 6.62. The fourth-order valence-corrected chi connectivity index (χ4v) is 2.35. The van der Waals surface area contributed by atoms with Gasteiger partial charge in [0, 0.05) is 17.1 Å². The highest BCUT2D eigenvalue weighted by Gasteiger charge is 2.13. The molecular formula is C16H16N2O2. The smallest absolute Gasteiger partial charge is 0.225 e. The van der Waals surface area contributed by atoms with E-state index in [1.54, 1.807) is 6.26 Å². The Kier molecular flexibility index (Phi) is 3.29. The van der Waals surface area contributed by atoms with E-state index in [0.717, 1.165) is 22.2 Å². The molecule has 0 aliphatic carbocycles. The number of carbonyl (C=O) groups excluding carboxylic acids is 1. The molecule has 1 amide bonds. The molecule has 4 heteroatoms. The van der Waals surface area contributed by atoms with Crippen LogP contribution in [0.3, 0.4) is 0 Å². The van der Waals surface area contributed by atoms with Gasteiger partial charge in [0.25, 0.3) is 0 Å². The second-order valence-electron chi connectivity index (χ2n) is 4.84. The summed E-state index contributed by atoms with van der Waals surface area (Å²) >= 11 is 0. The van der Waals surface area contributed by atoms with Crippen LogP contribution in [0, 0.1) is 0 Å². The molecule has 0 bridgehead atoms. The average Bonchev–Trinajstić information content (AvgIpc) is 3.09. The van der Waals surface area contributed by atoms with E-state index < -0.39 is 0 Å². The zero-order valence-electron chi connectivity index (χ0n) is 11.2. The van der Waals surface area contributed by atoms with Crippen LogP contribution in [0.1, 0.15) is 24.3 Å². The average molecular weight is 268 g/mol. The summed E-state index contributed by atoms with van der Waals surface area (Å²) in [5, 5.41) is 4.03. The number of para-hydroxylation sites is 1. The van der Waals surface area contributed by atoms with Crippen LogP contribution in [0.2, 0.25) is 0 Å². The van der Waals surface area contributed by atoms with Gasteiger partial charge in [0.05, 0.1) is 18.7 Å². The first kappa shape index (κ1) is 12.5. The van der Waals surface area contributed by atoms with Crippen LogP contribution in [-0.4, -0.2) is 10.9 Å². The van der Waals surface area contributed by atoms with Gasteiger partial charge in [0.2, 0.25) is 5.91 Å². The van der Waals surface area contributed by atoms with Crippen molar-refractivity contribution in [3.8, 4) is 0 Å². The number of fused-ring (bicyclic) bond motifs is 1. The third-order valence-electron chi connectivity index (χ3n) is 3.37. The van der Waals surface area contributed by atoms with E-state index in [4.69, 9.17) is 4.42 Å². The van der Waals surface area contributed by atoms with E-state index in [1.165, 1.54) is 0 Å². The Morgan fingerprint density at radius 3 is 2.95 bits per heavy atom. The van der Waals surface area contributed by atoms with Crippen molar-refractivity contribution >= 4 is 16.8 Å². The lowest BCUT2D eigenvalue weighted by molar-refractivity contribution is -0.121. The minimum atomic E-state index is -0.122. The molecule has 0 aliphatic rings. The van der Waals surface area contributed by atoms with Crippen LogP contribution in [0.5, 0.6) is 0 Å². The van der Waals surface area contributed by atoms with E-state index >= 15 is 0 Å². The summed E-state index contributed by atoms with van der Waals surface area (Å²) < 4.78 is 5.28. The monoisotopic (exact) mass is 268 g/mol. The molecule has 0 unspecified atom stereocenters. The zero-order chi connectivity index (χ0) is 13.9. The van der Waals surface area contributed by atoms with Gasteiger partial charge in [-0.25, -0.2) is 0 Å². The van der Waals surface area contributed by atoms with Crippen molar-refractivity contribution in [1.82, 2.24) is 10.3 Å². The molecule has 0 saturated carbocycles. The van der Waals surface area contributed by atoms with Crippen LogP contribution < -0.4 is 5.32 Å². The molecule has 0 aliphatic heterocycles. The van der Waals surface area contributed by atoms with Crippen molar-refractivity contribution in [3.05, 3.63) is 60.2 Å². The lowest BCUT2D eigenvalue weighted by atomic mass is 10.1. The number of furan rings is 1. The van der Waals surface area contributed by atoms with Crippen molar-refractivity contribution in [2.45, 2.75) is 19.4 Å². The van der Waals surface area contributed by atoms with E-state index in [0.29, 0.717) is 6.42 Å². The van der Waals surface area contributed by atoms with Crippen molar-refractivity contribution in [1.29, 1.82) is 0 Å². The van der Waals surface area contributed by atoms with Crippen LogP contribution >= 0.6 is 0 Å². The summed E-state index contributed by atoms with van der Waals surface area (Å²) in [4.78, 5) is 15.3. The standard InChI is InChI=1S/C16H16N2O2/c1-11(15-7-4-8-20-15)18-16(19)9-12-10-17-14-6-3-2-5-13(12)14/h2-8,10-11,17H,9H2,1H3,(H,18,19)/t11-/m1/s1. The highest BCUT2D eigenvalue weighted by atomic mass is 16.3. The van der Waals surface area contributed by atoms with Crippen LogP contribution in [0.25, 0.3) is 10.9 Å². The fraction of sp³-hybridized carbons (Fsp3) is 0.188. The number of aromatic amines is 1. The maximum absolute atomic E-state index is 12.1. The van der Waals surface area contributed by atoms with Gasteiger partial charge in [-0.15, -0.1) is 0 Å². The number of hydrogen-bond acceptors (Lipinski definition) is 2. The molecule has 4 nitrogen and oxygen atoms in total. The van der Waals surface area contributed by atoms with Gasteiger partial charge in [-0.2, -0.15) is 0 Å². The molecule has 20 heavy (non-hydrogen) atoms. The maximum Gasteiger partial charge on any atom is 0.225 e. The maximum atomic E-state index is 12.1. The van der Waals surface area contributed by atoms with E-state index in [1.807, 2.05) is 49.5 Å². The Hall–Kier alpha value is -2.49. The topological polar surface area (TPSA) is 58.0 Å². The summed E-state index contributed by atoms with van der Waals surface area (Å²) in [6.07, 6.45) is 3.86. The number of H-pyrrole nitrogens is 1. The molecule has 0 saturated heterocycles. The van der Waals surface area contributed by atoms with Gasteiger partial charge in [-0.3, -0.25) is 4.79 Å². The second-order valence-corrected chi connectivity index (χ2v) is 4.84.